The molecule has 6 nitrogen and oxygen atoms in total. The van der Waals surface area contributed by atoms with Crippen molar-refractivity contribution in [3.63, 3.8) is 0 Å². The number of rotatable bonds is 5. The van der Waals surface area contributed by atoms with Crippen molar-refractivity contribution in [3.8, 4) is 6.07 Å². The van der Waals surface area contributed by atoms with Crippen LogP contribution in [0.4, 0.5) is 11.5 Å². The highest BCUT2D eigenvalue weighted by molar-refractivity contribution is 5.94. The third-order valence-corrected chi connectivity index (χ3v) is 7.32. The molecule has 32 heavy (non-hydrogen) atoms. The maximum Gasteiger partial charge on any atom is 0.159 e. The number of allylic oxidation sites excluding steroid dienone is 2. The number of anilines is 2. The number of nitrogens with zero attached hydrogens (tertiary/aromatic N) is 4. The van der Waals surface area contributed by atoms with E-state index in [-0.39, 0.29) is 11.7 Å². The van der Waals surface area contributed by atoms with Crippen molar-refractivity contribution in [1.82, 2.24) is 10.3 Å². The quantitative estimate of drug-likeness (QED) is 0.735. The fraction of sp³-hybridized carbons (Fsp3) is 0.423. The molecule has 164 valence electrons. The molecule has 1 atom stereocenters. The monoisotopic (exact) mass is 427 g/mol. The molecule has 1 N–H and O–H groups in total. The summed E-state index contributed by atoms with van der Waals surface area (Å²) in [5.41, 5.74) is 4.78. The summed E-state index contributed by atoms with van der Waals surface area (Å²) in [6, 6.07) is 15.0. The summed E-state index contributed by atoms with van der Waals surface area (Å²) >= 11 is 0. The first-order valence-electron chi connectivity index (χ1n) is 11.5. The molecule has 0 spiro atoms. The predicted molar refractivity (Wildman–Crippen MR) is 127 cm³/mol. The molecule has 6 heteroatoms. The largest absolute Gasteiger partial charge is 0.368 e. The summed E-state index contributed by atoms with van der Waals surface area (Å²) in [5, 5.41) is 13.0. The van der Waals surface area contributed by atoms with Crippen LogP contribution in [0.15, 0.2) is 42.5 Å². The summed E-state index contributed by atoms with van der Waals surface area (Å²) in [6.45, 7) is 5.22. The second-order valence-electron chi connectivity index (χ2n) is 9.11. The second-order valence-corrected chi connectivity index (χ2v) is 9.11. The fourth-order valence-electron chi connectivity index (χ4n) is 5.22. The SMILES string of the molecule is CN[C@H]1C[C@H](C2C=C(C#N)c3ccc(N4CCN(c5ccc(C(C)=O)cc5)CC4)nc32)C1. The van der Waals surface area contributed by atoms with Gasteiger partial charge in [0.2, 0.25) is 0 Å². The second kappa shape index (κ2) is 8.40. The minimum atomic E-state index is 0.0970. The van der Waals surface area contributed by atoms with E-state index in [4.69, 9.17) is 4.98 Å². The standard InChI is InChI=1S/C26H29N5O/c1-17(32)18-3-5-22(6-4-18)30-9-11-31(12-10-30)25-8-7-23-20(16-27)15-24(26(23)29-25)19-13-21(14-19)28-2/h3-8,15,19,21,24,28H,9-14H2,1-2H3/t19-,21-,24?. The molecule has 2 aliphatic carbocycles. The van der Waals surface area contributed by atoms with E-state index in [0.717, 1.165) is 72.9 Å². The van der Waals surface area contributed by atoms with E-state index in [1.807, 2.05) is 31.3 Å². The molecule has 2 fully saturated rings. The van der Waals surface area contributed by atoms with Gasteiger partial charge < -0.3 is 15.1 Å². The Morgan fingerprint density at radius 1 is 1.06 bits per heavy atom. The fourth-order valence-corrected chi connectivity index (χ4v) is 5.22. The van der Waals surface area contributed by atoms with Gasteiger partial charge in [-0.15, -0.1) is 0 Å². The topological polar surface area (TPSA) is 72.3 Å². The number of pyridine rings is 1. The van der Waals surface area contributed by atoms with Crippen LogP contribution in [-0.2, 0) is 0 Å². The van der Waals surface area contributed by atoms with E-state index in [1.165, 1.54) is 0 Å². The summed E-state index contributed by atoms with van der Waals surface area (Å²) < 4.78 is 0. The summed E-state index contributed by atoms with van der Waals surface area (Å²) in [5.74, 6) is 1.93. The van der Waals surface area contributed by atoms with Gasteiger partial charge in [-0.1, -0.05) is 6.08 Å². The zero-order valence-corrected chi connectivity index (χ0v) is 18.7. The van der Waals surface area contributed by atoms with Crippen molar-refractivity contribution in [2.75, 3.05) is 43.0 Å². The molecule has 1 aliphatic heterocycles. The first kappa shape index (κ1) is 20.7. The Hall–Kier alpha value is -3.17. The van der Waals surface area contributed by atoms with Gasteiger partial charge >= 0.3 is 0 Å². The van der Waals surface area contributed by atoms with Crippen LogP contribution in [0.2, 0.25) is 0 Å². The minimum absolute atomic E-state index is 0.0970. The van der Waals surface area contributed by atoms with Gasteiger partial charge in [0.1, 0.15) is 5.82 Å². The zero-order valence-electron chi connectivity index (χ0n) is 18.7. The number of carbonyl (C=O) groups is 1. The van der Waals surface area contributed by atoms with Crippen LogP contribution < -0.4 is 15.1 Å². The number of ketones is 1. The number of Topliss-reactive ketones (excluding diaryl/α,β-unsaturated/α-hetero) is 1. The molecule has 0 amide bonds. The number of aromatic nitrogens is 1. The van der Waals surface area contributed by atoms with Gasteiger partial charge in [-0.25, -0.2) is 4.98 Å². The van der Waals surface area contributed by atoms with Crippen LogP contribution in [0.1, 0.15) is 47.3 Å². The van der Waals surface area contributed by atoms with Crippen LogP contribution in [0, 0.1) is 17.2 Å². The highest BCUT2D eigenvalue weighted by Crippen LogP contribution is 2.46. The van der Waals surface area contributed by atoms with E-state index in [9.17, 15) is 10.1 Å². The smallest absolute Gasteiger partial charge is 0.159 e. The Bertz CT molecular complexity index is 1090. The third kappa shape index (κ3) is 3.67. The first-order valence-corrected chi connectivity index (χ1v) is 11.5. The number of carbonyl (C=O) groups excluding carboxylic acids is 1. The molecule has 5 rings (SSSR count). The highest BCUT2D eigenvalue weighted by Gasteiger charge is 2.39. The lowest BCUT2D eigenvalue weighted by atomic mass is 9.72. The van der Waals surface area contributed by atoms with Crippen molar-refractivity contribution in [2.24, 2.45) is 5.92 Å². The number of nitrogens with one attached hydrogen (secondary N) is 1. The maximum atomic E-state index is 11.5. The number of nitriles is 1. The van der Waals surface area contributed by atoms with Gasteiger partial charge in [0.15, 0.2) is 5.78 Å². The molecule has 0 bridgehead atoms. The van der Waals surface area contributed by atoms with Crippen molar-refractivity contribution < 1.29 is 4.79 Å². The van der Waals surface area contributed by atoms with Crippen molar-refractivity contribution in [2.45, 2.75) is 31.7 Å². The van der Waals surface area contributed by atoms with E-state index >= 15 is 0 Å². The Balaban J connectivity index is 1.29. The van der Waals surface area contributed by atoms with Crippen LogP contribution in [0.3, 0.4) is 0 Å². The molecule has 1 aromatic carbocycles. The Kier molecular flexibility index (Phi) is 5.44. The molecule has 1 unspecified atom stereocenters. The van der Waals surface area contributed by atoms with E-state index in [0.29, 0.717) is 12.0 Å². The molecule has 0 radical (unpaired) electrons. The summed E-state index contributed by atoms with van der Waals surface area (Å²) in [4.78, 5) is 21.3. The lowest BCUT2D eigenvalue weighted by Gasteiger charge is -2.39. The Labute approximate surface area is 189 Å². The highest BCUT2D eigenvalue weighted by atomic mass is 16.1. The minimum Gasteiger partial charge on any atom is -0.368 e. The molecular formula is C26H29N5O. The van der Waals surface area contributed by atoms with Gasteiger partial charge in [-0.05, 0) is 69.1 Å². The molecular weight excluding hydrogens is 398 g/mol. The average molecular weight is 428 g/mol. The van der Waals surface area contributed by atoms with Gasteiger partial charge in [-0.3, -0.25) is 4.79 Å². The zero-order chi connectivity index (χ0) is 22.2. The average Bonchev–Trinajstić information content (AvgIpc) is 3.16. The maximum absolute atomic E-state index is 11.5. The van der Waals surface area contributed by atoms with Crippen LogP contribution in [0.25, 0.3) is 5.57 Å². The predicted octanol–water partition coefficient (Wildman–Crippen LogP) is 3.61. The lowest BCUT2D eigenvalue weighted by molar-refractivity contribution is 0.101. The van der Waals surface area contributed by atoms with Crippen molar-refractivity contribution in [3.05, 3.63) is 59.3 Å². The summed E-state index contributed by atoms with van der Waals surface area (Å²) in [7, 11) is 2.02. The van der Waals surface area contributed by atoms with Gasteiger partial charge in [0.25, 0.3) is 0 Å². The molecule has 3 aliphatic rings. The van der Waals surface area contributed by atoms with E-state index in [1.54, 1.807) is 6.92 Å². The van der Waals surface area contributed by atoms with Crippen LogP contribution >= 0.6 is 0 Å². The number of benzene rings is 1. The number of piperazine rings is 1. The van der Waals surface area contributed by atoms with Crippen molar-refractivity contribution in [1.29, 1.82) is 5.26 Å². The van der Waals surface area contributed by atoms with Gasteiger partial charge in [0.05, 0.1) is 17.3 Å². The van der Waals surface area contributed by atoms with E-state index in [2.05, 4.69) is 39.4 Å². The number of fused-ring (bicyclic) bond motifs is 1. The normalized spacial score (nSPS) is 24.4. The number of hydrogen-bond donors (Lipinski definition) is 1. The van der Waals surface area contributed by atoms with Gasteiger partial charge in [0, 0.05) is 55.0 Å². The number of hydrogen-bond acceptors (Lipinski definition) is 6. The van der Waals surface area contributed by atoms with Gasteiger partial charge in [-0.2, -0.15) is 5.26 Å². The molecule has 1 saturated carbocycles. The summed E-state index contributed by atoms with van der Waals surface area (Å²) in [6.07, 6.45) is 4.42. The lowest BCUT2D eigenvalue weighted by Crippen LogP contribution is -2.47. The molecule has 2 heterocycles. The van der Waals surface area contributed by atoms with Crippen LogP contribution in [-0.4, -0.2) is 50.0 Å². The Morgan fingerprint density at radius 2 is 1.75 bits per heavy atom. The Morgan fingerprint density at radius 3 is 2.38 bits per heavy atom. The first-order chi connectivity index (χ1) is 15.6. The van der Waals surface area contributed by atoms with Crippen molar-refractivity contribution >= 4 is 22.9 Å². The molecule has 1 aromatic heterocycles. The molecule has 1 saturated heterocycles. The van der Waals surface area contributed by atoms with Crippen LogP contribution in [0.5, 0.6) is 0 Å². The molecule has 2 aromatic rings. The van der Waals surface area contributed by atoms with E-state index < -0.39 is 0 Å². The third-order valence-electron chi connectivity index (χ3n) is 7.32.